The number of aliphatic hydroxyl groups is 1. The van der Waals surface area contributed by atoms with Crippen LogP contribution in [0.15, 0.2) is 6.20 Å². The van der Waals surface area contributed by atoms with Crippen molar-refractivity contribution in [2.75, 3.05) is 6.54 Å². The molecule has 1 amide bonds. The summed E-state index contributed by atoms with van der Waals surface area (Å²) < 4.78 is 1.80. The van der Waals surface area contributed by atoms with Crippen LogP contribution in [0.2, 0.25) is 0 Å². The lowest BCUT2D eigenvalue weighted by Crippen LogP contribution is -2.45. The number of nitrogens with two attached hydrogens (primary N) is 1. The standard InChI is InChI=1S/C14H24N4O2/c1-10-11(9-16-18(10)8-4-7-15)14(20)17-12-5-2-3-6-13(12)19/h9,12-13,19H,2-8,15H2,1H3,(H,17,20)/t12-,13-/m1/s1. The molecular formula is C14H24N4O2. The van der Waals surface area contributed by atoms with Gasteiger partial charge >= 0.3 is 0 Å². The average Bonchev–Trinajstić information content (AvgIpc) is 2.80. The highest BCUT2D eigenvalue weighted by Gasteiger charge is 2.26. The largest absolute Gasteiger partial charge is 0.391 e. The number of amides is 1. The number of hydrogen-bond donors (Lipinski definition) is 3. The topological polar surface area (TPSA) is 93.2 Å². The Morgan fingerprint density at radius 1 is 1.55 bits per heavy atom. The first-order chi connectivity index (χ1) is 9.63. The highest BCUT2D eigenvalue weighted by atomic mass is 16.3. The van der Waals surface area contributed by atoms with E-state index in [2.05, 4.69) is 10.4 Å². The molecule has 0 unspecified atom stereocenters. The molecule has 1 aliphatic carbocycles. The second-order valence-corrected chi connectivity index (χ2v) is 5.44. The van der Waals surface area contributed by atoms with Crippen LogP contribution in [0.25, 0.3) is 0 Å². The number of carbonyl (C=O) groups excluding carboxylic acids is 1. The number of nitrogens with zero attached hydrogens (tertiary/aromatic N) is 2. The van der Waals surface area contributed by atoms with Gasteiger partial charge in [-0.25, -0.2) is 0 Å². The van der Waals surface area contributed by atoms with E-state index in [0.29, 0.717) is 12.1 Å². The molecule has 20 heavy (non-hydrogen) atoms. The van der Waals surface area contributed by atoms with E-state index in [1.54, 1.807) is 10.9 Å². The van der Waals surface area contributed by atoms with Gasteiger partial charge in [-0.05, 0) is 32.7 Å². The molecule has 0 radical (unpaired) electrons. The van der Waals surface area contributed by atoms with E-state index in [1.165, 1.54) is 0 Å². The summed E-state index contributed by atoms with van der Waals surface area (Å²) in [5.41, 5.74) is 6.92. The molecular weight excluding hydrogens is 256 g/mol. The first-order valence-electron chi connectivity index (χ1n) is 7.35. The monoisotopic (exact) mass is 280 g/mol. The summed E-state index contributed by atoms with van der Waals surface area (Å²) in [5, 5.41) is 17.1. The third-order valence-electron chi connectivity index (χ3n) is 3.97. The van der Waals surface area contributed by atoms with Crippen molar-refractivity contribution in [2.45, 2.75) is 57.7 Å². The van der Waals surface area contributed by atoms with E-state index in [-0.39, 0.29) is 11.9 Å². The van der Waals surface area contributed by atoms with Crippen molar-refractivity contribution in [3.05, 3.63) is 17.5 Å². The van der Waals surface area contributed by atoms with Gasteiger partial charge in [0.2, 0.25) is 0 Å². The van der Waals surface area contributed by atoms with Crippen molar-refractivity contribution in [1.82, 2.24) is 15.1 Å². The summed E-state index contributed by atoms with van der Waals surface area (Å²) in [5.74, 6) is -0.146. The second kappa shape index (κ2) is 6.85. The molecule has 2 atom stereocenters. The fourth-order valence-corrected chi connectivity index (χ4v) is 2.66. The lowest BCUT2D eigenvalue weighted by atomic mass is 9.92. The molecule has 1 aliphatic rings. The van der Waals surface area contributed by atoms with Crippen molar-refractivity contribution in [3.63, 3.8) is 0 Å². The molecule has 1 aromatic heterocycles. The van der Waals surface area contributed by atoms with Crippen molar-refractivity contribution >= 4 is 5.91 Å². The summed E-state index contributed by atoms with van der Waals surface area (Å²) in [6.45, 7) is 3.21. The van der Waals surface area contributed by atoms with E-state index in [1.807, 2.05) is 6.92 Å². The third kappa shape index (κ3) is 3.37. The zero-order valence-electron chi connectivity index (χ0n) is 12.0. The van der Waals surface area contributed by atoms with Crippen LogP contribution in [-0.4, -0.2) is 39.5 Å². The molecule has 6 nitrogen and oxygen atoms in total. The number of aryl methyl sites for hydroxylation is 1. The van der Waals surface area contributed by atoms with Gasteiger partial charge in [-0.2, -0.15) is 5.10 Å². The molecule has 1 fully saturated rings. The second-order valence-electron chi connectivity index (χ2n) is 5.44. The summed E-state index contributed by atoms with van der Waals surface area (Å²) >= 11 is 0. The van der Waals surface area contributed by atoms with Gasteiger partial charge in [-0.15, -0.1) is 0 Å². The van der Waals surface area contributed by atoms with E-state index >= 15 is 0 Å². The first kappa shape index (κ1) is 15.0. The maximum absolute atomic E-state index is 12.3. The SMILES string of the molecule is Cc1c(C(=O)N[C@@H]2CCCC[C@H]2O)cnn1CCCN. The van der Waals surface area contributed by atoms with E-state index in [9.17, 15) is 9.90 Å². The minimum atomic E-state index is -0.430. The fourth-order valence-electron chi connectivity index (χ4n) is 2.66. The van der Waals surface area contributed by atoms with Crippen molar-refractivity contribution in [3.8, 4) is 0 Å². The van der Waals surface area contributed by atoms with Gasteiger partial charge in [0.15, 0.2) is 0 Å². The van der Waals surface area contributed by atoms with Gasteiger partial charge in [-0.3, -0.25) is 9.48 Å². The molecule has 0 aromatic carbocycles. The number of nitrogens with one attached hydrogen (secondary N) is 1. The van der Waals surface area contributed by atoms with Crippen LogP contribution in [-0.2, 0) is 6.54 Å². The summed E-state index contributed by atoms with van der Waals surface area (Å²) in [6.07, 6.45) is 5.69. The van der Waals surface area contributed by atoms with Gasteiger partial charge in [0.05, 0.1) is 23.9 Å². The predicted octanol–water partition coefficient (Wildman–Crippen LogP) is 0.574. The zero-order chi connectivity index (χ0) is 14.5. The Kier molecular flexibility index (Phi) is 5.14. The highest BCUT2D eigenvalue weighted by molar-refractivity contribution is 5.95. The molecule has 0 bridgehead atoms. The van der Waals surface area contributed by atoms with Crippen LogP contribution in [0.3, 0.4) is 0 Å². The summed E-state index contributed by atoms with van der Waals surface area (Å²) in [7, 11) is 0. The maximum atomic E-state index is 12.3. The van der Waals surface area contributed by atoms with Crippen LogP contribution in [0.4, 0.5) is 0 Å². The Balaban J connectivity index is 2.00. The molecule has 1 saturated carbocycles. The Labute approximate surface area is 119 Å². The van der Waals surface area contributed by atoms with Gasteiger partial charge in [0, 0.05) is 12.2 Å². The lowest BCUT2D eigenvalue weighted by molar-refractivity contribution is 0.0716. The zero-order valence-corrected chi connectivity index (χ0v) is 12.0. The lowest BCUT2D eigenvalue weighted by Gasteiger charge is -2.28. The van der Waals surface area contributed by atoms with E-state index in [4.69, 9.17) is 5.73 Å². The molecule has 4 N–H and O–H groups in total. The quantitative estimate of drug-likeness (QED) is 0.735. The van der Waals surface area contributed by atoms with E-state index < -0.39 is 6.10 Å². The van der Waals surface area contributed by atoms with Crippen molar-refractivity contribution in [1.29, 1.82) is 0 Å². The number of aromatic nitrogens is 2. The van der Waals surface area contributed by atoms with E-state index in [0.717, 1.165) is 44.3 Å². The van der Waals surface area contributed by atoms with Gasteiger partial charge in [0.1, 0.15) is 0 Å². The number of carbonyl (C=O) groups is 1. The minimum absolute atomic E-state index is 0.136. The third-order valence-corrected chi connectivity index (χ3v) is 3.97. The van der Waals surface area contributed by atoms with Crippen LogP contribution in [0.1, 0.15) is 48.2 Å². The number of rotatable bonds is 5. The molecule has 1 aromatic rings. The molecule has 2 rings (SSSR count). The Morgan fingerprint density at radius 3 is 3.00 bits per heavy atom. The molecule has 112 valence electrons. The van der Waals surface area contributed by atoms with Crippen LogP contribution < -0.4 is 11.1 Å². The van der Waals surface area contributed by atoms with Crippen molar-refractivity contribution in [2.24, 2.45) is 5.73 Å². The smallest absolute Gasteiger partial charge is 0.255 e. The average molecular weight is 280 g/mol. The predicted molar refractivity (Wildman–Crippen MR) is 76.4 cm³/mol. The Morgan fingerprint density at radius 2 is 2.30 bits per heavy atom. The van der Waals surface area contributed by atoms with Gasteiger partial charge in [0.25, 0.3) is 5.91 Å². The highest BCUT2D eigenvalue weighted by Crippen LogP contribution is 2.19. The van der Waals surface area contributed by atoms with Gasteiger partial charge in [-0.1, -0.05) is 12.8 Å². The summed E-state index contributed by atoms with van der Waals surface area (Å²) in [4.78, 5) is 12.3. The maximum Gasteiger partial charge on any atom is 0.255 e. The first-order valence-corrected chi connectivity index (χ1v) is 7.35. The van der Waals surface area contributed by atoms with Crippen LogP contribution in [0.5, 0.6) is 0 Å². The van der Waals surface area contributed by atoms with Crippen LogP contribution >= 0.6 is 0 Å². The van der Waals surface area contributed by atoms with Gasteiger partial charge < -0.3 is 16.2 Å². The molecule has 6 heteroatoms. The molecule has 0 saturated heterocycles. The number of aliphatic hydroxyl groups excluding tert-OH is 1. The Bertz CT molecular complexity index is 458. The molecule has 0 spiro atoms. The Hall–Kier alpha value is -1.40. The molecule has 0 aliphatic heterocycles. The minimum Gasteiger partial charge on any atom is -0.391 e. The molecule has 1 heterocycles. The van der Waals surface area contributed by atoms with Crippen molar-refractivity contribution < 1.29 is 9.90 Å². The van der Waals surface area contributed by atoms with Crippen LogP contribution in [0, 0.1) is 6.92 Å². The normalized spacial score (nSPS) is 22.8. The fraction of sp³-hybridized carbons (Fsp3) is 0.714. The summed E-state index contributed by atoms with van der Waals surface area (Å²) in [6, 6.07) is -0.136. The number of hydrogen-bond acceptors (Lipinski definition) is 4.